The summed E-state index contributed by atoms with van der Waals surface area (Å²) in [6.07, 6.45) is 1.73. The number of thioether (sulfide) groups is 1. The van der Waals surface area contributed by atoms with Gasteiger partial charge in [0.2, 0.25) is 5.91 Å². The number of carbonyl (C=O) groups is 2. The van der Waals surface area contributed by atoms with Crippen LogP contribution in [0.4, 0.5) is 5.69 Å². The van der Waals surface area contributed by atoms with E-state index in [1.54, 1.807) is 18.2 Å². The zero-order chi connectivity index (χ0) is 23.1. The first-order chi connectivity index (χ1) is 15.4. The van der Waals surface area contributed by atoms with Crippen molar-refractivity contribution >= 4 is 51.9 Å². The molecule has 166 valence electrons. The minimum absolute atomic E-state index is 0.123. The van der Waals surface area contributed by atoms with Gasteiger partial charge in [-0.2, -0.15) is 0 Å². The molecule has 0 bridgehead atoms. The summed E-state index contributed by atoms with van der Waals surface area (Å²) in [6, 6.07) is 13.2. The average molecular weight is 561 g/mol. The SMILES string of the molecule is C=CCn1c(CNC(=O)c2ccc(C)cc2)nnc1SCC(=O)Nc1ccc(I)cc1C. The highest BCUT2D eigenvalue weighted by atomic mass is 127. The van der Waals surface area contributed by atoms with Gasteiger partial charge in [-0.3, -0.25) is 9.59 Å². The molecule has 0 fully saturated rings. The summed E-state index contributed by atoms with van der Waals surface area (Å²) < 4.78 is 2.96. The first kappa shape index (κ1) is 24.0. The van der Waals surface area contributed by atoms with E-state index in [1.165, 1.54) is 11.8 Å². The van der Waals surface area contributed by atoms with Crippen LogP contribution in [-0.2, 0) is 17.9 Å². The highest BCUT2D eigenvalue weighted by molar-refractivity contribution is 14.1. The second-order valence-corrected chi connectivity index (χ2v) is 9.33. The van der Waals surface area contributed by atoms with Gasteiger partial charge in [0.15, 0.2) is 11.0 Å². The predicted molar refractivity (Wildman–Crippen MR) is 136 cm³/mol. The van der Waals surface area contributed by atoms with E-state index in [0.29, 0.717) is 23.1 Å². The smallest absolute Gasteiger partial charge is 0.251 e. The number of hydrogen-bond acceptors (Lipinski definition) is 5. The third-order valence-corrected chi connectivity index (χ3v) is 6.26. The van der Waals surface area contributed by atoms with Crippen molar-refractivity contribution in [1.82, 2.24) is 20.1 Å². The van der Waals surface area contributed by atoms with E-state index in [0.717, 1.165) is 20.4 Å². The van der Waals surface area contributed by atoms with Crippen molar-refractivity contribution in [3.63, 3.8) is 0 Å². The number of hydrogen-bond donors (Lipinski definition) is 2. The van der Waals surface area contributed by atoms with Crippen LogP contribution in [0.2, 0.25) is 0 Å². The van der Waals surface area contributed by atoms with Gasteiger partial charge in [-0.05, 0) is 72.3 Å². The van der Waals surface area contributed by atoms with E-state index in [4.69, 9.17) is 0 Å². The van der Waals surface area contributed by atoms with Crippen molar-refractivity contribution in [1.29, 1.82) is 0 Å². The zero-order valence-electron chi connectivity index (χ0n) is 17.9. The highest BCUT2D eigenvalue weighted by Gasteiger charge is 2.15. The molecule has 0 radical (unpaired) electrons. The predicted octanol–water partition coefficient (Wildman–Crippen LogP) is 4.35. The van der Waals surface area contributed by atoms with E-state index in [1.807, 2.05) is 48.7 Å². The number of amides is 2. The number of allylic oxidation sites excluding steroid dienone is 1. The zero-order valence-corrected chi connectivity index (χ0v) is 20.9. The molecule has 0 atom stereocenters. The summed E-state index contributed by atoms with van der Waals surface area (Å²) in [6.45, 7) is 8.42. The molecule has 0 aliphatic rings. The van der Waals surface area contributed by atoms with Gasteiger partial charge in [-0.25, -0.2) is 0 Å². The van der Waals surface area contributed by atoms with Gasteiger partial charge in [0.1, 0.15) is 0 Å². The molecule has 0 saturated carbocycles. The maximum Gasteiger partial charge on any atom is 0.251 e. The molecule has 3 aromatic rings. The Kier molecular flexibility index (Phi) is 8.46. The van der Waals surface area contributed by atoms with Crippen molar-refractivity contribution in [2.75, 3.05) is 11.1 Å². The summed E-state index contributed by atoms with van der Waals surface area (Å²) in [7, 11) is 0. The Morgan fingerprint density at radius 2 is 1.91 bits per heavy atom. The number of nitrogens with one attached hydrogen (secondary N) is 2. The van der Waals surface area contributed by atoms with Crippen molar-refractivity contribution in [3.8, 4) is 0 Å². The number of rotatable bonds is 9. The lowest BCUT2D eigenvalue weighted by molar-refractivity contribution is -0.113. The molecular formula is C23H24IN5O2S. The van der Waals surface area contributed by atoms with Crippen molar-refractivity contribution in [2.24, 2.45) is 0 Å². The summed E-state index contributed by atoms with van der Waals surface area (Å²) >= 11 is 3.53. The fourth-order valence-electron chi connectivity index (χ4n) is 2.92. The van der Waals surface area contributed by atoms with Crippen LogP contribution >= 0.6 is 34.4 Å². The molecule has 3 rings (SSSR count). The summed E-state index contributed by atoms with van der Waals surface area (Å²) in [5.41, 5.74) is 3.48. The molecule has 1 heterocycles. The summed E-state index contributed by atoms with van der Waals surface area (Å²) in [5.74, 6) is 0.485. The van der Waals surface area contributed by atoms with E-state index < -0.39 is 0 Å². The van der Waals surface area contributed by atoms with Crippen LogP contribution in [0.3, 0.4) is 0 Å². The molecule has 0 unspecified atom stereocenters. The normalized spacial score (nSPS) is 10.6. The quantitative estimate of drug-likeness (QED) is 0.231. The van der Waals surface area contributed by atoms with Crippen molar-refractivity contribution in [2.45, 2.75) is 32.1 Å². The van der Waals surface area contributed by atoms with Crippen LogP contribution in [0.5, 0.6) is 0 Å². The molecule has 2 N–H and O–H groups in total. The number of anilines is 1. The minimum atomic E-state index is -0.181. The molecule has 9 heteroatoms. The molecule has 0 aliphatic heterocycles. The maximum absolute atomic E-state index is 12.4. The Balaban J connectivity index is 1.61. The van der Waals surface area contributed by atoms with Crippen molar-refractivity contribution < 1.29 is 9.59 Å². The molecule has 32 heavy (non-hydrogen) atoms. The average Bonchev–Trinajstić information content (AvgIpc) is 3.15. The lowest BCUT2D eigenvalue weighted by atomic mass is 10.1. The topological polar surface area (TPSA) is 88.9 Å². The summed E-state index contributed by atoms with van der Waals surface area (Å²) in [5, 5.41) is 14.8. The highest BCUT2D eigenvalue weighted by Crippen LogP contribution is 2.20. The largest absolute Gasteiger partial charge is 0.345 e. The molecule has 0 aliphatic carbocycles. The van der Waals surface area contributed by atoms with Crippen LogP contribution in [0, 0.1) is 17.4 Å². The third kappa shape index (κ3) is 6.42. The lowest BCUT2D eigenvalue weighted by Gasteiger charge is -2.10. The van der Waals surface area contributed by atoms with E-state index in [-0.39, 0.29) is 24.1 Å². The molecule has 2 amide bonds. The van der Waals surface area contributed by atoms with E-state index in [9.17, 15) is 9.59 Å². The van der Waals surface area contributed by atoms with Crippen LogP contribution < -0.4 is 10.6 Å². The van der Waals surface area contributed by atoms with Gasteiger partial charge in [0, 0.05) is 21.4 Å². The Hall–Kier alpha value is -2.66. The second-order valence-electron chi connectivity index (χ2n) is 7.14. The Labute approximate surface area is 205 Å². The molecular weight excluding hydrogens is 537 g/mol. The Morgan fingerprint density at radius 1 is 1.16 bits per heavy atom. The van der Waals surface area contributed by atoms with Gasteiger partial charge in [-0.15, -0.1) is 16.8 Å². The van der Waals surface area contributed by atoms with Gasteiger partial charge in [-0.1, -0.05) is 35.5 Å². The first-order valence-electron chi connectivity index (χ1n) is 9.94. The Morgan fingerprint density at radius 3 is 2.59 bits per heavy atom. The van der Waals surface area contributed by atoms with Gasteiger partial charge in [0.05, 0.1) is 12.3 Å². The van der Waals surface area contributed by atoms with E-state index in [2.05, 4.69) is 50.0 Å². The van der Waals surface area contributed by atoms with Gasteiger partial charge < -0.3 is 15.2 Å². The fourth-order valence-corrected chi connectivity index (χ4v) is 4.33. The minimum Gasteiger partial charge on any atom is -0.345 e. The van der Waals surface area contributed by atoms with Crippen LogP contribution in [0.1, 0.15) is 27.3 Å². The van der Waals surface area contributed by atoms with Crippen LogP contribution in [0.25, 0.3) is 0 Å². The molecule has 1 aromatic heterocycles. The number of carbonyl (C=O) groups excluding carboxylic acids is 2. The lowest BCUT2D eigenvalue weighted by Crippen LogP contribution is -2.24. The number of aromatic nitrogens is 3. The van der Waals surface area contributed by atoms with E-state index >= 15 is 0 Å². The number of nitrogens with zero attached hydrogens (tertiary/aromatic N) is 3. The number of benzene rings is 2. The Bertz CT molecular complexity index is 1130. The monoisotopic (exact) mass is 561 g/mol. The molecule has 0 saturated heterocycles. The number of halogens is 1. The van der Waals surface area contributed by atoms with Gasteiger partial charge in [0.25, 0.3) is 5.91 Å². The molecule has 2 aromatic carbocycles. The van der Waals surface area contributed by atoms with Gasteiger partial charge >= 0.3 is 0 Å². The third-order valence-electron chi connectivity index (χ3n) is 4.62. The van der Waals surface area contributed by atoms with Crippen molar-refractivity contribution in [3.05, 3.63) is 81.2 Å². The second kappa shape index (κ2) is 11.3. The number of aryl methyl sites for hydroxylation is 2. The van der Waals surface area contributed by atoms with Crippen LogP contribution in [0.15, 0.2) is 60.3 Å². The standard InChI is InChI=1S/C23H24IN5O2S/c1-4-11-29-20(13-25-22(31)17-7-5-15(2)6-8-17)27-28-23(29)32-14-21(30)26-19-10-9-18(24)12-16(19)3/h4-10,12H,1,11,13-14H2,2-3H3,(H,25,31)(H,26,30). The fraction of sp³-hybridized carbons (Fsp3) is 0.217. The van der Waals surface area contributed by atoms with Crippen LogP contribution in [-0.4, -0.2) is 32.3 Å². The first-order valence-corrected chi connectivity index (χ1v) is 12.0. The summed E-state index contributed by atoms with van der Waals surface area (Å²) in [4.78, 5) is 24.8. The molecule has 7 nitrogen and oxygen atoms in total. The molecule has 0 spiro atoms. The maximum atomic E-state index is 12.4.